The molecule has 0 nitrogen and oxygen atoms in total. The first-order valence-electron chi connectivity index (χ1n) is 18.4. The molecule has 3 heterocycles. The third kappa shape index (κ3) is 12.8. The van der Waals surface area contributed by atoms with Gasteiger partial charge in [0, 0.05) is 0 Å². The van der Waals surface area contributed by atoms with E-state index in [0.29, 0.717) is 0 Å². The van der Waals surface area contributed by atoms with E-state index in [2.05, 4.69) is 71.3 Å². The molecule has 4 aromatic rings. The minimum Gasteiger partial charge on any atom is -0.152 e. The van der Waals surface area contributed by atoms with Gasteiger partial charge in [0.15, 0.2) is 0 Å². The maximum Gasteiger partial charge on any atom is -0.00146 e. The van der Waals surface area contributed by atoms with Crippen LogP contribution in [0.25, 0.3) is 0 Å². The molecule has 0 fully saturated rings. The molecule has 0 aliphatic carbocycles. The Kier molecular flexibility index (Phi) is 17.1. The Morgan fingerprint density at radius 2 is 0.600 bits per heavy atom. The third-order valence-corrected chi connectivity index (χ3v) is 12.0. The van der Waals surface area contributed by atoms with Gasteiger partial charge in [0.1, 0.15) is 0 Å². The Balaban J connectivity index is 1.50. The van der Waals surface area contributed by atoms with Gasteiger partial charge in [0.2, 0.25) is 0 Å². The van der Waals surface area contributed by atoms with Crippen LogP contribution in [-0.4, -0.2) is 0 Å². The lowest BCUT2D eigenvalue weighted by Gasteiger charge is -2.13. The van der Waals surface area contributed by atoms with Gasteiger partial charge >= 0.3 is 0 Å². The molecular formula is C42H60S3. The number of benzene rings is 1. The lowest BCUT2D eigenvalue weighted by atomic mass is 9.92. The van der Waals surface area contributed by atoms with E-state index in [1.165, 1.54) is 132 Å². The summed E-state index contributed by atoms with van der Waals surface area (Å²) in [5, 5.41) is 14.6. The van der Waals surface area contributed by atoms with Crippen LogP contribution in [0.1, 0.15) is 167 Å². The van der Waals surface area contributed by atoms with Gasteiger partial charge in [-0.05, 0) is 140 Å². The molecule has 45 heavy (non-hydrogen) atoms. The lowest BCUT2D eigenvalue weighted by Crippen LogP contribution is -2.00. The summed E-state index contributed by atoms with van der Waals surface area (Å²) in [5.74, 6) is 0. The largest absolute Gasteiger partial charge is 0.152 e. The van der Waals surface area contributed by atoms with E-state index in [1.807, 2.05) is 34.0 Å². The van der Waals surface area contributed by atoms with Gasteiger partial charge in [-0.15, -0.1) is 0 Å². The SMILES string of the molecule is CCCCCCCc1cscc1Cc1cc(Cc2cscc2CCCCCCC)cc(Cc2cscc2CCCCCCC)c1. The average molecular weight is 661 g/mol. The molecule has 0 amide bonds. The molecule has 0 saturated carbocycles. The van der Waals surface area contributed by atoms with Gasteiger partial charge in [0.25, 0.3) is 0 Å². The maximum absolute atomic E-state index is 2.54. The van der Waals surface area contributed by atoms with Crippen molar-refractivity contribution in [3.05, 3.63) is 101 Å². The van der Waals surface area contributed by atoms with Gasteiger partial charge in [-0.1, -0.05) is 116 Å². The molecule has 0 unspecified atom stereocenters. The fourth-order valence-electron chi connectivity index (χ4n) is 6.74. The number of hydrogen-bond acceptors (Lipinski definition) is 3. The molecule has 0 radical (unpaired) electrons. The van der Waals surface area contributed by atoms with Crippen LogP contribution in [0.5, 0.6) is 0 Å². The van der Waals surface area contributed by atoms with Gasteiger partial charge in [-0.25, -0.2) is 0 Å². The zero-order valence-corrected chi connectivity index (χ0v) is 31.2. The topological polar surface area (TPSA) is 0 Å². The van der Waals surface area contributed by atoms with E-state index in [4.69, 9.17) is 0 Å². The highest BCUT2D eigenvalue weighted by atomic mass is 32.1. The second-order valence-electron chi connectivity index (χ2n) is 13.4. The third-order valence-electron chi connectivity index (χ3n) is 9.44. The summed E-state index contributed by atoms with van der Waals surface area (Å²) >= 11 is 5.70. The van der Waals surface area contributed by atoms with E-state index < -0.39 is 0 Å². The highest BCUT2D eigenvalue weighted by Gasteiger charge is 2.12. The molecule has 0 spiro atoms. The molecule has 0 N–H and O–H groups in total. The van der Waals surface area contributed by atoms with Crippen LogP contribution in [0.15, 0.2) is 50.5 Å². The van der Waals surface area contributed by atoms with Crippen LogP contribution >= 0.6 is 34.0 Å². The lowest BCUT2D eigenvalue weighted by molar-refractivity contribution is 0.631. The first kappa shape index (κ1) is 36.2. The van der Waals surface area contributed by atoms with Gasteiger partial charge in [-0.2, -0.15) is 34.0 Å². The van der Waals surface area contributed by atoms with E-state index >= 15 is 0 Å². The maximum atomic E-state index is 2.54. The van der Waals surface area contributed by atoms with Crippen LogP contribution in [0, 0.1) is 0 Å². The summed E-state index contributed by atoms with van der Waals surface area (Å²) in [6, 6.07) is 7.62. The molecular weight excluding hydrogens is 601 g/mol. The standard InChI is InChI=1S/C42H60S3/c1-4-7-10-13-16-19-37-28-43-31-40(37)25-34-22-35(26-41-32-44-29-38(41)20-17-14-11-8-5-2)24-36(23-34)27-42-33-45-30-39(42)21-18-15-12-9-6-3/h22-24,28-33H,4-21,25-27H2,1-3H3. The summed E-state index contributed by atoms with van der Waals surface area (Å²) in [6.07, 6.45) is 27.2. The van der Waals surface area contributed by atoms with Crippen LogP contribution in [0.3, 0.4) is 0 Å². The van der Waals surface area contributed by atoms with Gasteiger partial charge in [0.05, 0.1) is 0 Å². The molecule has 246 valence electrons. The second kappa shape index (κ2) is 21.2. The van der Waals surface area contributed by atoms with Crippen molar-refractivity contribution in [1.82, 2.24) is 0 Å². The van der Waals surface area contributed by atoms with Gasteiger partial charge < -0.3 is 0 Å². The van der Waals surface area contributed by atoms with Crippen LogP contribution in [-0.2, 0) is 38.5 Å². The van der Waals surface area contributed by atoms with E-state index in [0.717, 1.165) is 19.3 Å². The quantitative estimate of drug-likeness (QED) is 0.0656. The Labute approximate surface area is 288 Å². The molecule has 0 aliphatic rings. The molecule has 0 atom stereocenters. The number of rotatable bonds is 24. The first-order chi connectivity index (χ1) is 22.2. The number of thiophene rings is 3. The van der Waals surface area contributed by atoms with Crippen molar-refractivity contribution in [3.63, 3.8) is 0 Å². The van der Waals surface area contributed by atoms with E-state index in [-0.39, 0.29) is 0 Å². The van der Waals surface area contributed by atoms with Gasteiger partial charge in [-0.3, -0.25) is 0 Å². The summed E-state index contributed by atoms with van der Waals surface area (Å²) in [5.41, 5.74) is 14.0. The molecule has 3 heteroatoms. The highest BCUT2D eigenvalue weighted by molar-refractivity contribution is 7.08. The Morgan fingerprint density at radius 3 is 0.889 bits per heavy atom. The zero-order valence-electron chi connectivity index (χ0n) is 28.8. The highest BCUT2D eigenvalue weighted by Crippen LogP contribution is 2.28. The molecule has 0 bridgehead atoms. The van der Waals surface area contributed by atoms with Crippen molar-refractivity contribution in [3.8, 4) is 0 Å². The molecule has 1 aromatic carbocycles. The predicted octanol–water partition coefficient (Wildman–Crippen LogP) is 14.2. The Bertz CT molecular complexity index is 1160. The molecule has 4 rings (SSSR count). The first-order valence-corrected chi connectivity index (χ1v) is 21.3. The number of aryl methyl sites for hydroxylation is 3. The van der Waals surface area contributed by atoms with E-state index in [9.17, 15) is 0 Å². The van der Waals surface area contributed by atoms with Crippen molar-refractivity contribution in [2.24, 2.45) is 0 Å². The summed E-state index contributed by atoms with van der Waals surface area (Å²) in [4.78, 5) is 0. The zero-order chi connectivity index (χ0) is 31.5. The molecule has 3 aromatic heterocycles. The van der Waals surface area contributed by atoms with Crippen molar-refractivity contribution in [1.29, 1.82) is 0 Å². The fraction of sp³-hybridized carbons (Fsp3) is 0.571. The number of hydrogen-bond donors (Lipinski definition) is 0. The Morgan fingerprint density at radius 1 is 0.333 bits per heavy atom. The van der Waals surface area contributed by atoms with Crippen LogP contribution < -0.4 is 0 Å². The van der Waals surface area contributed by atoms with E-state index in [1.54, 1.807) is 33.4 Å². The minimum atomic E-state index is 1.07. The van der Waals surface area contributed by atoms with Crippen molar-refractivity contribution in [2.45, 2.75) is 156 Å². The van der Waals surface area contributed by atoms with Crippen molar-refractivity contribution in [2.75, 3.05) is 0 Å². The predicted molar refractivity (Wildman–Crippen MR) is 205 cm³/mol. The summed E-state index contributed by atoms with van der Waals surface area (Å²) < 4.78 is 0. The summed E-state index contributed by atoms with van der Waals surface area (Å²) in [7, 11) is 0. The van der Waals surface area contributed by atoms with Crippen LogP contribution in [0.4, 0.5) is 0 Å². The van der Waals surface area contributed by atoms with Crippen LogP contribution in [0.2, 0.25) is 0 Å². The minimum absolute atomic E-state index is 1.07. The average Bonchev–Trinajstić information content (AvgIpc) is 3.79. The molecule has 0 saturated heterocycles. The number of unbranched alkanes of at least 4 members (excludes halogenated alkanes) is 12. The van der Waals surface area contributed by atoms with Crippen molar-refractivity contribution >= 4 is 34.0 Å². The smallest absolute Gasteiger partial charge is 0.00146 e. The molecule has 0 aliphatic heterocycles. The fourth-order valence-corrected chi connectivity index (χ4v) is 9.44. The second-order valence-corrected chi connectivity index (χ2v) is 15.7. The normalized spacial score (nSPS) is 11.5. The van der Waals surface area contributed by atoms with Crippen molar-refractivity contribution < 1.29 is 0 Å². The monoisotopic (exact) mass is 660 g/mol. The Hall–Kier alpha value is -1.68. The summed E-state index contributed by atoms with van der Waals surface area (Å²) in [6.45, 7) is 6.92.